The largest absolute Gasteiger partial charge is 0.367 e. The van der Waals surface area contributed by atoms with Gasteiger partial charge in [-0.05, 0) is 37.6 Å². The van der Waals surface area contributed by atoms with Crippen LogP contribution in [0.15, 0.2) is 54.6 Å². The van der Waals surface area contributed by atoms with Crippen LogP contribution in [0.2, 0.25) is 0 Å². The summed E-state index contributed by atoms with van der Waals surface area (Å²) in [5, 5.41) is 0. The smallest absolute Gasteiger partial charge is 0.108 e. The number of ether oxygens (including phenoxy) is 1. The highest BCUT2D eigenvalue weighted by atomic mass is 16.5. The third-order valence-electron chi connectivity index (χ3n) is 2.63. The SMILES string of the molecule is [2H]C([2H])([2H])c1ccccc1C([2H])(OC([2H])([2H])C([2H])([2H])N(C)C)c1ccccc1. The van der Waals surface area contributed by atoms with Crippen LogP contribution in [-0.4, -0.2) is 32.1 Å². The summed E-state index contributed by atoms with van der Waals surface area (Å²) in [7, 11) is 2.71. The van der Waals surface area contributed by atoms with Crippen molar-refractivity contribution in [1.29, 1.82) is 0 Å². The average Bonchev–Trinajstić information content (AvgIpc) is 2.61. The zero-order valence-corrected chi connectivity index (χ0v) is 11.6. The average molecular weight is 277 g/mol. The molecule has 2 aromatic rings. The van der Waals surface area contributed by atoms with Crippen molar-refractivity contribution >= 4 is 0 Å². The molecule has 0 radical (unpaired) electrons. The lowest BCUT2D eigenvalue weighted by molar-refractivity contribution is 0.0683. The number of benzene rings is 2. The Morgan fingerprint density at radius 3 is 2.55 bits per heavy atom. The van der Waals surface area contributed by atoms with Gasteiger partial charge in [-0.1, -0.05) is 54.6 Å². The molecule has 0 N–H and O–H groups in total. The highest BCUT2D eigenvalue weighted by Gasteiger charge is 2.16. The van der Waals surface area contributed by atoms with E-state index in [-0.39, 0.29) is 16.7 Å². The van der Waals surface area contributed by atoms with Crippen molar-refractivity contribution in [2.75, 3.05) is 27.2 Å². The molecule has 0 saturated heterocycles. The van der Waals surface area contributed by atoms with Gasteiger partial charge in [-0.25, -0.2) is 0 Å². The fourth-order valence-electron chi connectivity index (χ4n) is 1.71. The maximum Gasteiger partial charge on any atom is 0.108 e. The van der Waals surface area contributed by atoms with E-state index in [1.54, 1.807) is 18.2 Å². The zero-order chi connectivity index (χ0) is 21.4. The summed E-state index contributed by atoms with van der Waals surface area (Å²) in [4.78, 5) is 1.01. The molecule has 0 heterocycles. The van der Waals surface area contributed by atoms with E-state index in [0.717, 1.165) is 4.90 Å². The second kappa shape index (κ2) is 7.22. The van der Waals surface area contributed by atoms with Crippen LogP contribution in [0, 0.1) is 6.85 Å². The molecule has 0 aliphatic carbocycles. The van der Waals surface area contributed by atoms with Crippen molar-refractivity contribution in [2.45, 2.75) is 12.9 Å². The number of nitrogens with zero attached hydrogens (tertiary/aromatic N) is 1. The lowest BCUT2D eigenvalue weighted by atomic mass is 9.97. The van der Waals surface area contributed by atoms with Gasteiger partial charge in [0.25, 0.3) is 0 Å². The molecule has 0 amide bonds. The second-order valence-corrected chi connectivity index (χ2v) is 4.45. The van der Waals surface area contributed by atoms with Gasteiger partial charge in [0.05, 0.1) is 10.7 Å². The van der Waals surface area contributed by atoms with Gasteiger partial charge in [0.2, 0.25) is 0 Å². The molecule has 0 bridgehead atoms. The highest BCUT2D eigenvalue weighted by molar-refractivity contribution is 5.35. The van der Waals surface area contributed by atoms with E-state index >= 15 is 0 Å². The van der Waals surface area contributed by atoms with Crippen LogP contribution < -0.4 is 0 Å². The summed E-state index contributed by atoms with van der Waals surface area (Å²) in [6.45, 7) is -8.08. The summed E-state index contributed by atoms with van der Waals surface area (Å²) in [6.07, 6.45) is -2.29. The van der Waals surface area contributed by atoms with Crippen molar-refractivity contribution in [3.8, 4) is 0 Å². The van der Waals surface area contributed by atoms with E-state index in [9.17, 15) is 0 Å². The van der Waals surface area contributed by atoms with Gasteiger partial charge in [-0.2, -0.15) is 0 Å². The number of hydrogen-bond acceptors (Lipinski definition) is 2. The van der Waals surface area contributed by atoms with Gasteiger partial charge in [-0.15, -0.1) is 0 Å². The predicted octanol–water partition coefficient (Wildman–Crippen LogP) is 3.66. The number of aryl methyl sites for hydroxylation is 1. The Balaban J connectivity index is 2.72. The fraction of sp³-hybridized carbons (Fsp3) is 0.333. The molecule has 1 unspecified atom stereocenters. The molecule has 2 rings (SSSR count). The molecule has 2 aromatic carbocycles. The minimum Gasteiger partial charge on any atom is -0.367 e. The molecule has 0 saturated carbocycles. The Bertz CT molecular complexity index is 807. The van der Waals surface area contributed by atoms with Gasteiger partial charge in [0, 0.05) is 13.4 Å². The first-order valence-corrected chi connectivity index (χ1v) is 6.26. The first-order valence-electron chi connectivity index (χ1n) is 10.3. The quantitative estimate of drug-likeness (QED) is 0.799. The van der Waals surface area contributed by atoms with E-state index in [0.29, 0.717) is 0 Å². The monoisotopic (exact) mass is 277 g/mol. The van der Waals surface area contributed by atoms with Gasteiger partial charge >= 0.3 is 0 Å². The van der Waals surface area contributed by atoms with Gasteiger partial charge in [0.1, 0.15) is 6.08 Å². The predicted molar refractivity (Wildman–Crippen MR) is 84.0 cm³/mol. The molecule has 0 aliphatic heterocycles. The fourth-order valence-corrected chi connectivity index (χ4v) is 1.71. The molecule has 0 spiro atoms. The van der Waals surface area contributed by atoms with E-state index in [4.69, 9.17) is 15.7 Å². The molecule has 106 valence electrons. The molecule has 0 aliphatic rings. The molecule has 2 nitrogen and oxygen atoms in total. The normalized spacial score (nSPS) is 22.1. The maximum absolute atomic E-state index is 9.00. The standard InChI is InChI=1S/C18H23NO/c1-15-9-7-8-12-17(15)18(20-14-13-19(2)3)16-10-5-4-6-11-16/h4-12,18H,13-14H2,1-3H3/i1D3,13D2,14D2,18D. The summed E-state index contributed by atoms with van der Waals surface area (Å²) in [5.74, 6) is 0. The van der Waals surface area contributed by atoms with Crippen LogP contribution in [0.4, 0.5) is 0 Å². The van der Waals surface area contributed by atoms with Crippen LogP contribution >= 0.6 is 0 Å². The number of likely N-dealkylation sites (N-methyl/N-ethyl adjacent to an activating group) is 1. The van der Waals surface area contributed by atoms with Crippen molar-refractivity contribution in [1.82, 2.24) is 4.90 Å². The Morgan fingerprint density at radius 1 is 1.15 bits per heavy atom. The van der Waals surface area contributed by atoms with E-state index in [1.807, 2.05) is 0 Å². The Morgan fingerprint density at radius 2 is 1.85 bits per heavy atom. The minimum atomic E-state index is -2.93. The molecular formula is C18H23NO. The summed E-state index contributed by atoms with van der Waals surface area (Å²) < 4.78 is 70.4. The molecule has 2 heteroatoms. The third kappa shape index (κ3) is 3.92. The molecule has 1 atom stereocenters. The maximum atomic E-state index is 9.00. The molecule has 0 aromatic heterocycles. The third-order valence-corrected chi connectivity index (χ3v) is 2.63. The van der Waals surface area contributed by atoms with Gasteiger partial charge in [-0.3, -0.25) is 0 Å². The van der Waals surface area contributed by atoms with Crippen LogP contribution in [0.5, 0.6) is 0 Å². The Kier molecular flexibility index (Phi) is 2.67. The lowest BCUT2D eigenvalue weighted by Crippen LogP contribution is -2.20. The van der Waals surface area contributed by atoms with Crippen LogP contribution in [0.25, 0.3) is 0 Å². The zero-order valence-electron chi connectivity index (χ0n) is 19.6. The van der Waals surface area contributed by atoms with Crippen molar-refractivity contribution in [3.63, 3.8) is 0 Å². The molecule has 0 fully saturated rings. The first kappa shape index (κ1) is 7.39. The summed E-state index contributed by atoms with van der Waals surface area (Å²) in [6, 6.07) is 13.8. The van der Waals surface area contributed by atoms with Crippen LogP contribution in [-0.2, 0) is 4.74 Å². The van der Waals surface area contributed by atoms with Crippen LogP contribution in [0.3, 0.4) is 0 Å². The topological polar surface area (TPSA) is 12.5 Å². The molecule has 20 heavy (non-hydrogen) atoms. The molecular weight excluding hydrogens is 246 g/mol. The number of rotatable bonds is 6. The second-order valence-electron chi connectivity index (χ2n) is 4.45. The van der Waals surface area contributed by atoms with Gasteiger partial charge in [0.15, 0.2) is 0 Å². The Hall–Kier alpha value is -1.64. The van der Waals surface area contributed by atoms with E-state index in [2.05, 4.69) is 0 Å². The summed E-state index contributed by atoms with van der Waals surface area (Å²) in [5.41, 5.74) is -0.0418. The lowest BCUT2D eigenvalue weighted by Gasteiger charge is -2.22. The van der Waals surface area contributed by atoms with E-state index < -0.39 is 26.0 Å². The van der Waals surface area contributed by atoms with Gasteiger partial charge < -0.3 is 9.64 Å². The minimum absolute atomic E-state index is 0.0698. The van der Waals surface area contributed by atoms with Crippen LogP contribution in [0.1, 0.15) is 33.7 Å². The van der Waals surface area contributed by atoms with Crippen molar-refractivity contribution in [3.05, 3.63) is 71.3 Å². The first-order chi connectivity index (χ1) is 12.7. The highest BCUT2D eigenvalue weighted by Crippen LogP contribution is 2.28. The van der Waals surface area contributed by atoms with Crippen molar-refractivity contribution < 1.29 is 15.7 Å². The van der Waals surface area contributed by atoms with Crippen molar-refractivity contribution in [2.24, 2.45) is 0 Å². The number of hydrogen-bond donors (Lipinski definition) is 0. The Labute approximate surface area is 133 Å². The summed E-state index contributed by atoms with van der Waals surface area (Å²) >= 11 is 0. The van der Waals surface area contributed by atoms with E-state index in [1.165, 1.54) is 50.5 Å².